The van der Waals surface area contributed by atoms with Gasteiger partial charge in [-0.2, -0.15) is 5.10 Å². The normalized spacial score (nSPS) is 15.5. The van der Waals surface area contributed by atoms with Crippen molar-refractivity contribution in [3.05, 3.63) is 88.8 Å². The van der Waals surface area contributed by atoms with Gasteiger partial charge in [0.15, 0.2) is 6.61 Å². The molecule has 0 aliphatic carbocycles. The van der Waals surface area contributed by atoms with Crippen molar-refractivity contribution in [2.75, 3.05) is 6.61 Å². The summed E-state index contributed by atoms with van der Waals surface area (Å²) in [6.45, 7) is -0.480. The number of carbonyl (C=O) groups excluding carboxylic acids is 2. The van der Waals surface area contributed by atoms with Crippen LogP contribution in [0.5, 0.6) is 0 Å². The Morgan fingerprint density at radius 1 is 1.09 bits per heavy atom. The van der Waals surface area contributed by atoms with Crippen LogP contribution in [0.25, 0.3) is 10.9 Å². The number of para-hydroxylation sites is 1. The maximum absolute atomic E-state index is 12.8. The first kappa shape index (κ1) is 21.4. The minimum Gasteiger partial charge on any atom is -0.467 e. The minimum absolute atomic E-state index is 0.0446. The number of esters is 1. The molecule has 0 bridgehead atoms. The molecule has 0 spiro atoms. The molecule has 0 saturated carbocycles. The van der Waals surface area contributed by atoms with Crippen molar-refractivity contribution in [1.29, 1.82) is 0 Å². The van der Waals surface area contributed by atoms with Gasteiger partial charge >= 0.3 is 5.97 Å². The van der Waals surface area contributed by atoms with Crippen LogP contribution in [0.1, 0.15) is 36.2 Å². The van der Waals surface area contributed by atoms with Crippen molar-refractivity contribution in [2.24, 2.45) is 5.10 Å². The van der Waals surface area contributed by atoms with E-state index in [4.69, 9.17) is 13.6 Å². The molecule has 0 saturated heterocycles. The van der Waals surface area contributed by atoms with Gasteiger partial charge in [-0.3, -0.25) is 14.4 Å². The molecule has 4 heterocycles. The molecule has 1 atom stereocenters. The zero-order chi connectivity index (χ0) is 23.5. The van der Waals surface area contributed by atoms with E-state index >= 15 is 0 Å². The summed E-state index contributed by atoms with van der Waals surface area (Å²) in [5.41, 5.74) is 0.873. The summed E-state index contributed by atoms with van der Waals surface area (Å²) in [7, 11) is 0. The lowest BCUT2D eigenvalue weighted by atomic mass is 10.1. The Morgan fingerprint density at radius 3 is 2.71 bits per heavy atom. The molecule has 1 aromatic carbocycles. The van der Waals surface area contributed by atoms with Crippen LogP contribution in [-0.4, -0.2) is 39.2 Å². The lowest BCUT2D eigenvalue weighted by Gasteiger charge is -2.19. The third-order valence-corrected chi connectivity index (χ3v) is 5.43. The van der Waals surface area contributed by atoms with Gasteiger partial charge in [0.05, 0.1) is 29.9 Å². The zero-order valence-electron chi connectivity index (χ0n) is 18.0. The molecule has 1 aliphatic rings. The number of rotatable bonds is 7. The summed E-state index contributed by atoms with van der Waals surface area (Å²) in [6, 6.07) is 13.5. The number of aromatic amines is 1. The average Bonchev–Trinajstić information content (AvgIpc) is 3.62. The molecule has 34 heavy (non-hydrogen) atoms. The molecule has 4 aromatic rings. The Hall–Kier alpha value is -4.47. The van der Waals surface area contributed by atoms with Crippen LogP contribution < -0.4 is 5.56 Å². The average molecular weight is 460 g/mol. The van der Waals surface area contributed by atoms with Gasteiger partial charge in [-0.25, -0.2) is 9.99 Å². The Kier molecular flexibility index (Phi) is 5.77. The Labute approximate surface area is 192 Å². The van der Waals surface area contributed by atoms with E-state index in [1.807, 2.05) is 0 Å². The van der Waals surface area contributed by atoms with Crippen molar-refractivity contribution in [3.8, 4) is 0 Å². The summed E-state index contributed by atoms with van der Waals surface area (Å²) in [5, 5.41) is 6.12. The van der Waals surface area contributed by atoms with Gasteiger partial charge in [0.1, 0.15) is 29.1 Å². The Balaban J connectivity index is 1.21. The largest absolute Gasteiger partial charge is 0.467 e. The van der Waals surface area contributed by atoms with Crippen molar-refractivity contribution >= 4 is 28.5 Å². The van der Waals surface area contributed by atoms with Crippen LogP contribution in [0.4, 0.5) is 0 Å². The number of hydrogen-bond donors (Lipinski definition) is 1. The van der Waals surface area contributed by atoms with E-state index in [9.17, 15) is 14.4 Å². The van der Waals surface area contributed by atoms with Gasteiger partial charge in [-0.1, -0.05) is 12.1 Å². The Morgan fingerprint density at radius 2 is 1.91 bits per heavy atom. The molecule has 5 rings (SSSR count). The summed E-state index contributed by atoms with van der Waals surface area (Å²) in [6.07, 6.45) is 3.59. The van der Waals surface area contributed by atoms with Crippen LogP contribution >= 0.6 is 0 Å². The number of H-pyrrole nitrogens is 1. The zero-order valence-corrected chi connectivity index (χ0v) is 18.0. The van der Waals surface area contributed by atoms with E-state index in [0.29, 0.717) is 40.4 Å². The lowest BCUT2D eigenvalue weighted by molar-refractivity contribution is -0.153. The van der Waals surface area contributed by atoms with E-state index in [0.717, 1.165) is 0 Å². The highest BCUT2D eigenvalue weighted by molar-refractivity contribution is 6.01. The number of aryl methyl sites for hydroxylation is 1. The van der Waals surface area contributed by atoms with E-state index in [2.05, 4.69) is 15.1 Å². The molecule has 0 fully saturated rings. The molecule has 172 valence electrons. The fraction of sp³-hybridized carbons (Fsp3) is 0.208. The van der Waals surface area contributed by atoms with E-state index in [1.54, 1.807) is 48.5 Å². The number of aromatic nitrogens is 2. The second kappa shape index (κ2) is 9.18. The van der Waals surface area contributed by atoms with Crippen molar-refractivity contribution in [1.82, 2.24) is 15.0 Å². The monoisotopic (exact) mass is 460 g/mol. The highest BCUT2D eigenvalue weighted by Crippen LogP contribution is 2.33. The standard InChI is InChI=1S/C24H20N4O6/c29-22(28-18(20-8-4-12-33-20)13-17(27-28)19-7-3-11-32-19)14-34-23(30)10-9-21-25-16-6-2-1-5-15(16)24(31)26-21/h1-8,11-12,18H,9-10,13-14H2,(H,25,26,31)/t18-/m1/s1. The first-order chi connectivity index (χ1) is 16.6. The highest BCUT2D eigenvalue weighted by Gasteiger charge is 2.36. The number of furan rings is 2. The van der Waals surface area contributed by atoms with Crippen molar-refractivity contribution in [2.45, 2.75) is 25.3 Å². The molecule has 10 heteroatoms. The number of carbonyl (C=O) groups is 2. The molecular weight excluding hydrogens is 440 g/mol. The third kappa shape index (κ3) is 4.38. The number of hydrogen-bond acceptors (Lipinski definition) is 8. The number of benzene rings is 1. The van der Waals surface area contributed by atoms with Gasteiger partial charge < -0.3 is 18.6 Å². The molecule has 1 aliphatic heterocycles. The first-order valence-corrected chi connectivity index (χ1v) is 10.7. The summed E-state index contributed by atoms with van der Waals surface area (Å²) >= 11 is 0. The SMILES string of the molecule is O=C(CCc1nc2ccccc2c(=O)[nH]1)OCC(=O)N1N=C(c2ccco2)C[C@@H]1c1ccco1. The second-order valence-corrected chi connectivity index (χ2v) is 7.69. The number of ether oxygens (including phenoxy) is 1. The molecule has 0 unspecified atom stereocenters. The predicted molar refractivity (Wildman–Crippen MR) is 120 cm³/mol. The minimum atomic E-state index is -0.590. The van der Waals surface area contributed by atoms with E-state index in [-0.39, 0.29) is 18.4 Å². The molecule has 3 aromatic heterocycles. The Bertz CT molecular complexity index is 1410. The third-order valence-electron chi connectivity index (χ3n) is 5.43. The van der Waals surface area contributed by atoms with E-state index in [1.165, 1.54) is 17.5 Å². The molecule has 1 amide bonds. The predicted octanol–water partition coefficient (Wildman–Crippen LogP) is 2.96. The summed E-state index contributed by atoms with van der Waals surface area (Å²) < 4.78 is 16.1. The topological polar surface area (TPSA) is 131 Å². The van der Waals surface area contributed by atoms with Gasteiger partial charge in [0.25, 0.3) is 11.5 Å². The fourth-order valence-corrected chi connectivity index (χ4v) is 3.79. The maximum atomic E-state index is 12.8. The summed E-state index contributed by atoms with van der Waals surface area (Å²) in [5.74, 6) is 0.413. The molecule has 10 nitrogen and oxygen atoms in total. The van der Waals surface area contributed by atoms with Crippen LogP contribution in [0.3, 0.4) is 0 Å². The van der Waals surface area contributed by atoms with Crippen molar-refractivity contribution < 1.29 is 23.2 Å². The number of nitrogens with one attached hydrogen (secondary N) is 1. The van der Waals surface area contributed by atoms with Crippen LogP contribution in [-0.2, 0) is 20.7 Å². The van der Waals surface area contributed by atoms with Crippen LogP contribution in [0.15, 0.2) is 79.8 Å². The summed E-state index contributed by atoms with van der Waals surface area (Å²) in [4.78, 5) is 44.3. The van der Waals surface area contributed by atoms with Crippen molar-refractivity contribution in [3.63, 3.8) is 0 Å². The number of fused-ring (bicyclic) bond motifs is 1. The smallest absolute Gasteiger partial charge is 0.306 e. The fourth-order valence-electron chi connectivity index (χ4n) is 3.79. The van der Waals surface area contributed by atoms with Gasteiger partial charge in [-0.15, -0.1) is 0 Å². The van der Waals surface area contributed by atoms with Gasteiger partial charge in [0, 0.05) is 12.8 Å². The van der Waals surface area contributed by atoms with Gasteiger partial charge in [0.2, 0.25) is 0 Å². The molecule has 1 N–H and O–H groups in total. The highest BCUT2D eigenvalue weighted by atomic mass is 16.5. The maximum Gasteiger partial charge on any atom is 0.306 e. The second-order valence-electron chi connectivity index (χ2n) is 7.69. The van der Waals surface area contributed by atoms with Gasteiger partial charge in [-0.05, 0) is 36.4 Å². The van der Waals surface area contributed by atoms with E-state index < -0.39 is 24.5 Å². The van der Waals surface area contributed by atoms with Crippen LogP contribution in [0, 0.1) is 0 Å². The first-order valence-electron chi connectivity index (χ1n) is 10.7. The van der Waals surface area contributed by atoms with Crippen LogP contribution in [0.2, 0.25) is 0 Å². The lowest BCUT2D eigenvalue weighted by Crippen LogP contribution is -2.31. The number of nitrogens with zero attached hydrogens (tertiary/aromatic N) is 3. The molecular formula is C24H20N4O6. The quantitative estimate of drug-likeness (QED) is 0.420. The number of amides is 1. The number of hydrazone groups is 1. The molecule has 0 radical (unpaired) electrons.